The highest BCUT2D eigenvalue weighted by atomic mass is 32.1. The van der Waals surface area contributed by atoms with Gasteiger partial charge < -0.3 is 15.4 Å². The number of amides is 3. The van der Waals surface area contributed by atoms with E-state index in [1.807, 2.05) is 19.1 Å². The number of likely N-dealkylation sites (tertiary alicyclic amines) is 1. The molecule has 0 aliphatic carbocycles. The van der Waals surface area contributed by atoms with Crippen LogP contribution in [0.2, 0.25) is 0 Å². The van der Waals surface area contributed by atoms with Crippen molar-refractivity contribution in [1.82, 2.24) is 14.9 Å². The number of rotatable bonds is 6. The van der Waals surface area contributed by atoms with Crippen LogP contribution in [0.15, 0.2) is 18.3 Å². The molecular weight excluding hydrogens is 406 g/mol. The zero-order valence-electron chi connectivity index (χ0n) is 17.2. The molecule has 1 aliphatic rings. The third kappa shape index (κ3) is 4.59. The number of aromatic nitrogens is 2. The first-order valence-electron chi connectivity index (χ1n) is 9.79. The number of esters is 1. The Bertz CT molecular complexity index is 960. The van der Waals surface area contributed by atoms with Crippen LogP contribution in [0.25, 0.3) is 10.4 Å². The Labute approximate surface area is 178 Å². The van der Waals surface area contributed by atoms with Gasteiger partial charge in [0.15, 0.2) is 5.13 Å². The van der Waals surface area contributed by atoms with Crippen molar-refractivity contribution in [1.29, 1.82) is 0 Å². The van der Waals surface area contributed by atoms with Gasteiger partial charge in [-0.15, -0.1) is 0 Å². The third-order valence-electron chi connectivity index (χ3n) is 4.98. The Hall–Kier alpha value is -3.01. The van der Waals surface area contributed by atoms with Crippen LogP contribution in [-0.4, -0.2) is 52.0 Å². The van der Waals surface area contributed by atoms with Gasteiger partial charge in [0.05, 0.1) is 28.8 Å². The number of anilines is 1. The molecule has 0 saturated carbocycles. The van der Waals surface area contributed by atoms with Crippen LogP contribution in [0.4, 0.5) is 9.93 Å². The molecule has 1 saturated heterocycles. The van der Waals surface area contributed by atoms with Gasteiger partial charge >= 0.3 is 12.0 Å². The fourth-order valence-corrected chi connectivity index (χ4v) is 4.35. The number of thiazole rings is 1. The predicted molar refractivity (Wildman–Crippen MR) is 113 cm³/mol. The molecule has 3 heterocycles. The Morgan fingerprint density at radius 3 is 2.90 bits per heavy atom. The second-order valence-electron chi connectivity index (χ2n) is 7.06. The van der Waals surface area contributed by atoms with Crippen LogP contribution in [0.5, 0.6) is 0 Å². The molecule has 9 nitrogen and oxygen atoms in total. The average molecular weight is 432 g/mol. The van der Waals surface area contributed by atoms with Crippen molar-refractivity contribution >= 4 is 34.4 Å². The number of primary amides is 1. The Kier molecular flexibility index (Phi) is 6.66. The zero-order valence-corrected chi connectivity index (χ0v) is 18.0. The molecule has 30 heavy (non-hydrogen) atoms. The molecular formula is C20H25N5O4S. The van der Waals surface area contributed by atoms with Crippen LogP contribution in [0.3, 0.4) is 0 Å². The molecule has 3 N–H and O–H groups in total. The molecule has 160 valence electrons. The van der Waals surface area contributed by atoms with Crippen LogP contribution in [-0.2, 0) is 14.3 Å². The van der Waals surface area contributed by atoms with Gasteiger partial charge in [0, 0.05) is 12.7 Å². The topological polar surface area (TPSA) is 128 Å². The molecule has 0 aromatic carbocycles. The number of hydrogen-bond acceptors (Lipinski definition) is 7. The highest BCUT2D eigenvalue weighted by Crippen LogP contribution is 2.34. The van der Waals surface area contributed by atoms with Crippen molar-refractivity contribution < 1.29 is 19.1 Å². The summed E-state index contributed by atoms with van der Waals surface area (Å²) in [5.41, 5.74) is 7.58. The van der Waals surface area contributed by atoms with E-state index in [0.717, 1.165) is 22.6 Å². The Morgan fingerprint density at radius 2 is 2.20 bits per heavy atom. The lowest BCUT2D eigenvalue weighted by Crippen LogP contribution is -2.45. The van der Waals surface area contributed by atoms with E-state index in [-0.39, 0.29) is 12.0 Å². The number of nitrogens with two attached hydrogens (primary N) is 1. The van der Waals surface area contributed by atoms with Crippen molar-refractivity contribution in [3.63, 3.8) is 0 Å². The molecule has 2 atom stereocenters. The molecule has 2 aromatic heterocycles. The summed E-state index contributed by atoms with van der Waals surface area (Å²) in [7, 11) is 0. The third-order valence-corrected chi connectivity index (χ3v) is 6.10. The summed E-state index contributed by atoms with van der Waals surface area (Å²) in [5, 5.41) is 3.20. The zero-order chi connectivity index (χ0) is 21.8. The summed E-state index contributed by atoms with van der Waals surface area (Å²) in [4.78, 5) is 47.2. The van der Waals surface area contributed by atoms with Crippen LogP contribution in [0, 0.1) is 6.92 Å². The van der Waals surface area contributed by atoms with Gasteiger partial charge in [0.1, 0.15) is 6.04 Å². The van der Waals surface area contributed by atoms with E-state index in [0.29, 0.717) is 30.4 Å². The largest absolute Gasteiger partial charge is 0.465 e. The number of urea groups is 1. The summed E-state index contributed by atoms with van der Waals surface area (Å²) in [5.74, 6) is -1.32. The number of pyridine rings is 1. The average Bonchev–Trinajstić information content (AvgIpc) is 3.34. The number of carbonyl (C=O) groups excluding carboxylic acids is 3. The summed E-state index contributed by atoms with van der Waals surface area (Å²) < 4.78 is 5.08. The molecule has 1 unspecified atom stereocenters. The number of ether oxygens (including phenoxy) is 1. The van der Waals surface area contributed by atoms with Gasteiger partial charge in [-0.2, -0.15) is 0 Å². The second-order valence-corrected chi connectivity index (χ2v) is 8.06. The molecule has 3 rings (SSSR count). The number of hydrogen-bond donors (Lipinski definition) is 2. The molecule has 0 bridgehead atoms. The maximum absolute atomic E-state index is 12.6. The van der Waals surface area contributed by atoms with E-state index in [2.05, 4.69) is 15.3 Å². The fourth-order valence-electron chi connectivity index (χ4n) is 3.40. The van der Waals surface area contributed by atoms with Crippen molar-refractivity contribution in [2.24, 2.45) is 5.73 Å². The van der Waals surface area contributed by atoms with E-state index in [4.69, 9.17) is 10.5 Å². The van der Waals surface area contributed by atoms with Gasteiger partial charge in [0.2, 0.25) is 5.91 Å². The normalized spacial score (nSPS) is 16.9. The Morgan fingerprint density at radius 1 is 1.43 bits per heavy atom. The van der Waals surface area contributed by atoms with Crippen LogP contribution < -0.4 is 11.1 Å². The summed E-state index contributed by atoms with van der Waals surface area (Å²) in [6.45, 7) is 6.15. The lowest BCUT2D eigenvalue weighted by Gasteiger charge is -2.21. The summed E-state index contributed by atoms with van der Waals surface area (Å²) >= 11 is 1.32. The van der Waals surface area contributed by atoms with Gasteiger partial charge in [-0.1, -0.05) is 11.3 Å². The molecule has 0 spiro atoms. The summed E-state index contributed by atoms with van der Waals surface area (Å²) in [6, 6.07) is 2.69. The monoisotopic (exact) mass is 431 g/mol. The second kappa shape index (κ2) is 9.21. The van der Waals surface area contributed by atoms with E-state index >= 15 is 0 Å². The first-order valence-corrected chi connectivity index (χ1v) is 10.6. The Balaban J connectivity index is 1.78. The van der Waals surface area contributed by atoms with E-state index in [1.54, 1.807) is 20.0 Å². The standard InChI is InChI=1S/C20H25N5O4S/c1-4-29-18(27)11(2)14-10-13(7-8-22-14)16-12(3)23-19(30-16)24-20(28)25-9-5-6-15(25)17(21)26/h7-8,10-11,15H,4-6,9H2,1-3H3,(H2,21,26)(H,23,24,28)/t11?,15-/m0/s1. The first-order chi connectivity index (χ1) is 14.3. The molecule has 10 heteroatoms. The summed E-state index contributed by atoms with van der Waals surface area (Å²) in [6.07, 6.45) is 2.95. The molecule has 0 radical (unpaired) electrons. The smallest absolute Gasteiger partial charge is 0.324 e. The lowest BCUT2D eigenvalue weighted by atomic mass is 10.0. The van der Waals surface area contributed by atoms with Gasteiger partial charge in [0.25, 0.3) is 0 Å². The minimum atomic E-state index is -0.586. The van der Waals surface area contributed by atoms with Crippen molar-refractivity contribution in [3.05, 3.63) is 29.7 Å². The highest BCUT2D eigenvalue weighted by molar-refractivity contribution is 7.19. The highest BCUT2D eigenvalue weighted by Gasteiger charge is 2.33. The SMILES string of the molecule is CCOC(=O)C(C)c1cc(-c2sc(NC(=O)N3CCC[C@H]3C(N)=O)nc2C)ccn1. The molecule has 2 aromatic rings. The number of carbonyl (C=O) groups is 3. The maximum atomic E-state index is 12.6. The molecule has 1 aliphatic heterocycles. The van der Waals surface area contributed by atoms with E-state index < -0.39 is 17.9 Å². The minimum Gasteiger partial charge on any atom is -0.465 e. The van der Waals surface area contributed by atoms with Crippen molar-refractivity contribution in [2.45, 2.75) is 45.6 Å². The maximum Gasteiger partial charge on any atom is 0.324 e. The van der Waals surface area contributed by atoms with Crippen LogP contribution in [0.1, 0.15) is 44.0 Å². The van der Waals surface area contributed by atoms with Gasteiger partial charge in [-0.05, 0) is 51.3 Å². The van der Waals surface area contributed by atoms with Crippen LogP contribution >= 0.6 is 11.3 Å². The van der Waals surface area contributed by atoms with E-state index in [9.17, 15) is 14.4 Å². The number of nitrogens with one attached hydrogen (secondary N) is 1. The predicted octanol–water partition coefficient (Wildman–Crippen LogP) is 2.66. The number of aryl methyl sites for hydroxylation is 1. The van der Waals surface area contributed by atoms with Crippen molar-refractivity contribution in [3.8, 4) is 10.4 Å². The molecule has 1 fully saturated rings. The van der Waals surface area contributed by atoms with Gasteiger partial charge in [-0.25, -0.2) is 9.78 Å². The van der Waals surface area contributed by atoms with E-state index in [1.165, 1.54) is 16.2 Å². The first kappa shape index (κ1) is 21.7. The fraction of sp³-hybridized carbons (Fsp3) is 0.450. The quantitative estimate of drug-likeness (QED) is 0.677. The number of nitrogens with zero attached hydrogens (tertiary/aromatic N) is 3. The minimum absolute atomic E-state index is 0.313. The lowest BCUT2D eigenvalue weighted by molar-refractivity contribution is -0.144. The van der Waals surface area contributed by atoms with Gasteiger partial charge in [-0.3, -0.25) is 19.9 Å². The molecule has 3 amide bonds. The van der Waals surface area contributed by atoms with Crippen molar-refractivity contribution in [2.75, 3.05) is 18.5 Å².